The number of hydrogen-bond donors (Lipinski definition) is 1. The van der Waals surface area contributed by atoms with Gasteiger partial charge in [-0.3, -0.25) is 0 Å². The Balaban J connectivity index is 2.23. The summed E-state index contributed by atoms with van der Waals surface area (Å²) in [6.07, 6.45) is 1.23. The molecule has 0 aromatic carbocycles. The van der Waals surface area contributed by atoms with Gasteiger partial charge < -0.3 is 5.73 Å². The molecule has 0 aromatic rings. The van der Waals surface area contributed by atoms with E-state index in [4.69, 9.17) is 5.73 Å². The number of rotatable bonds is 1. The predicted molar refractivity (Wildman–Crippen MR) is 42.4 cm³/mol. The lowest BCUT2D eigenvalue weighted by Crippen LogP contribution is -2.01. The second-order valence-corrected chi connectivity index (χ2v) is 2.62. The van der Waals surface area contributed by atoms with Gasteiger partial charge in [-0.25, -0.2) is 0 Å². The van der Waals surface area contributed by atoms with Gasteiger partial charge in [0, 0.05) is 28.5 Å². The van der Waals surface area contributed by atoms with Crippen LogP contribution in [0.5, 0.6) is 0 Å². The molecular weight excluding hydrogens is 213 g/mol. The molecule has 1 fully saturated rings. The van der Waals surface area contributed by atoms with Gasteiger partial charge in [-0.1, -0.05) is 5.92 Å². The Kier molecular flexibility index (Phi) is 2.15. The number of halogens is 1. The molecule has 2 heteroatoms. The number of nitrogens with two attached hydrogens (primary N) is 1. The monoisotopic (exact) mass is 221 g/mol. The van der Waals surface area contributed by atoms with Crippen molar-refractivity contribution in [2.24, 2.45) is 17.6 Å². The molecule has 1 rings (SSSR count). The lowest BCUT2D eigenvalue weighted by Gasteiger charge is -1.80. The first-order valence-corrected chi connectivity index (χ1v) is 3.77. The van der Waals surface area contributed by atoms with Crippen molar-refractivity contribution in [1.82, 2.24) is 0 Å². The van der Waals surface area contributed by atoms with Crippen LogP contribution in [0.2, 0.25) is 0 Å². The molecule has 0 bridgehead atoms. The third kappa shape index (κ3) is 1.36. The summed E-state index contributed by atoms with van der Waals surface area (Å²) in [5.41, 5.74) is 5.38. The quantitative estimate of drug-likeness (QED) is 0.518. The molecule has 0 spiro atoms. The van der Waals surface area contributed by atoms with Crippen LogP contribution in [-0.2, 0) is 0 Å². The molecule has 0 radical (unpaired) electrons. The molecule has 0 unspecified atom stereocenters. The van der Waals surface area contributed by atoms with E-state index in [1.807, 2.05) is 0 Å². The molecule has 0 aliphatic heterocycles. The average Bonchev–Trinajstić information content (AvgIpc) is 2.48. The fourth-order valence-electron chi connectivity index (χ4n) is 0.755. The first-order valence-electron chi connectivity index (χ1n) is 2.69. The number of hydrogen-bond acceptors (Lipinski definition) is 1. The zero-order chi connectivity index (χ0) is 5.98. The van der Waals surface area contributed by atoms with Gasteiger partial charge >= 0.3 is 0 Å². The van der Waals surface area contributed by atoms with Gasteiger partial charge in [-0.05, 0) is 22.8 Å². The smallest absolute Gasteiger partial charge is 0.0255 e. The molecule has 0 heterocycles. The van der Waals surface area contributed by atoms with Crippen molar-refractivity contribution in [2.45, 2.75) is 6.42 Å². The molecule has 2 N–H and O–H groups in total. The third-order valence-corrected chi connectivity index (χ3v) is 1.78. The predicted octanol–water partition coefficient (Wildman–Crippen LogP) is 0.977. The largest absolute Gasteiger partial charge is 0.330 e. The van der Waals surface area contributed by atoms with Crippen LogP contribution in [0, 0.1) is 21.7 Å². The zero-order valence-electron chi connectivity index (χ0n) is 4.52. The van der Waals surface area contributed by atoms with Crippen molar-refractivity contribution in [3.63, 3.8) is 0 Å². The van der Waals surface area contributed by atoms with E-state index in [9.17, 15) is 0 Å². The van der Waals surface area contributed by atoms with E-state index in [1.165, 1.54) is 6.42 Å². The maximum Gasteiger partial charge on any atom is 0.0255 e. The Labute approximate surface area is 63.2 Å². The Bertz CT molecular complexity index is 133. The van der Waals surface area contributed by atoms with Crippen molar-refractivity contribution >= 4 is 22.6 Å². The Morgan fingerprint density at radius 2 is 2.50 bits per heavy atom. The van der Waals surface area contributed by atoms with Gasteiger partial charge in [0.25, 0.3) is 0 Å². The Morgan fingerprint density at radius 3 is 2.88 bits per heavy atom. The van der Waals surface area contributed by atoms with Crippen molar-refractivity contribution in [3.8, 4) is 9.85 Å². The van der Waals surface area contributed by atoms with Crippen LogP contribution in [0.25, 0.3) is 0 Å². The summed E-state index contributed by atoms with van der Waals surface area (Å²) >= 11 is 2.07. The summed E-state index contributed by atoms with van der Waals surface area (Å²) in [5, 5.41) is 0. The topological polar surface area (TPSA) is 26.0 Å². The van der Waals surface area contributed by atoms with Gasteiger partial charge in [0.2, 0.25) is 0 Å². The molecule has 0 amide bonds. The van der Waals surface area contributed by atoms with E-state index in [0.29, 0.717) is 5.92 Å². The summed E-state index contributed by atoms with van der Waals surface area (Å²) in [5.74, 6) is 4.43. The van der Waals surface area contributed by atoms with Gasteiger partial charge in [0.05, 0.1) is 0 Å². The van der Waals surface area contributed by atoms with Gasteiger partial charge in [-0.15, -0.1) is 0 Å². The van der Waals surface area contributed by atoms with Gasteiger partial charge in [-0.2, -0.15) is 0 Å². The molecule has 8 heavy (non-hydrogen) atoms. The molecule has 1 aliphatic rings. The third-order valence-electron chi connectivity index (χ3n) is 1.47. The Morgan fingerprint density at radius 1 is 1.75 bits per heavy atom. The van der Waals surface area contributed by atoms with Crippen LogP contribution in [0.15, 0.2) is 0 Å². The van der Waals surface area contributed by atoms with E-state index in [0.717, 1.165) is 12.5 Å². The molecular formula is C6H8IN. The normalized spacial score (nSPS) is 33.2. The second kappa shape index (κ2) is 2.70. The highest BCUT2D eigenvalue weighted by Crippen LogP contribution is 2.36. The second-order valence-electron chi connectivity index (χ2n) is 2.08. The highest BCUT2D eigenvalue weighted by atomic mass is 127. The van der Waals surface area contributed by atoms with Crippen molar-refractivity contribution in [2.75, 3.05) is 6.54 Å². The van der Waals surface area contributed by atoms with Crippen molar-refractivity contribution < 1.29 is 0 Å². The SMILES string of the molecule is NC[C@@H]1C[C@H]1C#CI. The summed E-state index contributed by atoms with van der Waals surface area (Å²) < 4.78 is 2.86. The first kappa shape index (κ1) is 6.37. The van der Waals surface area contributed by atoms with E-state index in [-0.39, 0.29) is 0 Å². The van der Waals surface area contributed by atoms with Gasteiger partial charge in [0.15, 0.2) is 0 Å². The summed E-state index contributed by atoms with van der Waals surface area (Å²) in [6, 6.07) is 0. The van der Waals surface area contributed by atoms with Crippen LogP contribution in [0.3, 0.4) is 0 Å². The molecule has 1 nitrogen and oxygen atoms in total. The van der Waals surface area contributed by atoms with Crippen LogP contribution >= 0.6 is 22.6 Å². The minimum atomic E-state index is 0.636. The van der Waals surface area contributed by atoms with Crippen LogP contribution in [0.4, 0.5) is 0 Å². The molecule has 1 aliphatic carbocycles. The Hall–Kier alpha value is 0.250. The van der Waals surface area contributed by atoms with E-state index in [1.54, 1.807) is 0 Å². The van der Waals surface area contributed by atoms with Crippen molar-refractivity contribution in [1.29, 1.82) is 0 Å². The van der Waals surface area contributed by atoms with Crippen LogP contribution in [0.1, 0.15) is 6.42 Å². The zero-order valence-corrected chi connectivity index (χ0v) is 6.68. The highest BCUT2D eigenvalue weighted by molar-refractivity contribution is 14.1. The lowest BCUT2D eigenvalue weighted by molar-refractivity contribution is 0.808. The summed E-state index contributed by atoms with van der Waals surface area (Å²) in [4.78, 5) is 0. The van der Waals surface area contributed by atoms with Crippen LogP contribution < -0.4 is 5.73 Å². The first-order chi connectivity index (χ1) is 3.88. The molecule has 2 atom stereocenters. The van der Waals surface area contributed by atoms with E-state index < -0.39 is 0 Å². The average molecular weight is 221 g/mol. The summed E-state index contributed by atoms with van der Waals surface area (Å²) in [6.45, 7) is 0.815. The molecule has 44 valence electrons. The standard InChI is InChI=1S/C6H8IN/c7-2-1-5-3-6(5)4-8/h5-6H,3-4,8H2/t5-,6+/m1/s1. The molecule has 1 saturated carbocycles. The fraction of sp³-hybridized carbons (Fsp3) is 0.667. The fourth-order valence-corrected chi connectivity index (χ4v) is 1.15. The van der Waals surface area contributed by atoms with Crippen LogP contribution in [-0.4, -0.2) is 6.54 Å². The minimum absolute atomic E-state index is 0.636. The van der Waals surface area contributed by atoms with E-state index >= 15 is 0 Å². The summed E-state index contributed by atoms with van der Waals surface area (Å²) in [7, 11) is 0. The molecule has 0 aromatic heterocycles. The maximum absolute atomic E-state index is 5.38. The van der Waals surface area contributed by atoms with Gasteiger partial charge in [0.1, 0.15) is 0 Å². The minimum Gasteiger partial charge on any atom is -0.330 e. The van der Waals surface area contributed by atoms with E-state index in [2.05, 4.69) is 32.4 Å². The lowest BCUT2D eigenvalue weighted by atomic mass is 10.3. The van der Waals surface area contributed by atoms with Crippen molar-refractivity contribution in [3.05, 3.63) is 0 Å². The highest BCUT2D eigenvalue weighted by Gasteiger charge is 2.33. The molecule has 0 saturated heterocycles. The maximum atomic E-state index is 5.38.